The highest BCUT2D eigenvalue weighted by molar-refractivity contribution is 9.10. The number of amides is 2. The molecule has 0 saturated heterocycles. The van der Waals surface area contributed by atoms with E-state index < -0.39 is 46.7 Å². The highest BCUT2D eigenvalue weighted by atomic mass is 79.9. The van der Waals surface area contributed by atoms with Gasteiger partial charge in [0.15, 0.2) is 5.78 Å². The van der Waals surface area contributed by atoms with Crippen molar-refractivity contribution in [2.45, 2.75) is 158 Å². The zero-order valence-electron chi connectivity index (χ0n) is 82.5. The van der Waals surface area contributed by atoms with Gasteiger partial charge in [-0.05, 0) is 291 Å². The summed E-state index contributed by atoms with van der Waals surface area (Å²) in [6.45, 7) is 25.0. The van der Waals surface area contributed by atoms with Crippen molar-refractivity contribution in [3.63, 3.8) is 0 Å². The number of esters is 2. The molecule has 0 bridgehead atoms. The number of hydrogen-bond donors (Lipinski definition) is 9. The zero-order valence-corrected chi connectivity index (χ0v) is 84.1. The fraction of sp³-hybridized carbons (Fsp3) is 0.282. The van der Waals surface area contributed by atoms with Crippen LogP contribution in [0, 0.1) is 70.8 Å². The number of aliphatic hydroxyl groups is 3. The molecule has 144 heavy (non-hydrogen) atoms. The van der Waals surface area contributed by atoms with E-state index in [0.29, 0.717) is 194 Å². The SMILES string of the molecule is CCOC(=O)c1cc2c(=O)n(C)cc(-c3cc(C(C)(C)O)ccc3Oc3c(C)cc(F)cc3C)c2[nH]1.CCOC(=O)c1cc2c(=O)n(C)cc(Br)c2[nH]1.Cc1cc(F)cc(C)c1Oc1ccc(C(C)(C)O)cc1-c1cn(C)c(=O)c2cc(C(=O)NCCCC#Cc3cccc4c3CN(C3CCC(=O)CC3=O)C4=O)[nH]c12.Cc1cc(F)cc(C)c1Oc1ccc(C(C)(C)O)cc1-c1cn(C)c(=O)c2cc(C(=O)O)[nH]c12. The van der Waals surface area contributed by atoms with Gasteiger partial charge >= 0.3 is 17.9 Å². The summed E-state index contributed by atoms with van der Waals surface area (Å²) in [5, 5.41) is 45.9. The number of carbonyl (C=O) groups is 7. The van der Waals surface area contributed by atoms with Crippen LogP contribution in [0.5, 0.6) is 34.5 Å². The third-order valence-corrected chi connectivity index (χ3v) is 25.5. The van der Waals surface area contributed by atoms with E-state index in [1.807, 2.05) is 6.07 Å². The average Bonchev–Trinajstić information content (AvgIpc) is 1.55. The van der Waals surface area contributed by atoms with Crippen LogP contribution in [0.25, 0.3) is 77.0 Å². The smallest absolute Gasteiger partial charge is 0.354 e. The lowest BCUT2D eigenvalue weighted by molar-refractivity contribution is -0.133. The van der Waals surface area contributed by atoms with Crippen molar-refractivity contribution < 1.29 is 90.8 Å². The number of ketones is 2. The molecule has 9 N–H and O–H groups in total. The Balaban J connectivity index is 0.000000164. The number of unbranched alkanes of at least 4 members (excludes halogenated alkanes) is 1. The fourth-order valence-corrected chi connectivity index (χ4v) is 18.1. The summed E-state index contributed by atoms with van der Waals surface area (Å²) in [7, 11) is 6.47. The summed E-state index contributed by atoms with van der Waals surface area (Å²) in [4.78, 5) is 151. The van der Waals surface area contributed by atoms with Crippen molar-refractivity contribution in [2.24, 2.45) is 28.2 Å². The number of H-pyrrole nitrogens is 4. The Morgan fingerprint density at radius 3 is 1.22 bits per heavy atom. The van der Waals surface area contributed by atoms with E-state index in [0.717, 1.165) is 10.0 Å². The highest BCUT2D eigenvalue weighted by Gasteiger charge is 2.40. The van der Waals surface area contributed by atoms with Gasteiger partial charge in [0.2, 0.25) is 0 Å². The van der Waals surface area contributed by atoms with Gasteiger partial charge in [0.25, 0.3) is 34.1 Å². The molecule has 1 fully saturated rings. The number of pyridine rings is 4. The van der Waals surface area contributed by atoms with Crippen molar-refractivity contribution in [3.8, 4) is 79.7 Å². The lowest BCUT2D eigenvalue weighted by atomic mass is 9.92. The number of rotatable bonds is 22. The molecular weight excluding hydrogens is 1920 g/mol. The van der Waals surface area contributed by atoms with Crippen LogP contribution in [0.3, 0.4) is 0 Å². The summed E-state index contributed by atoms with van der Waals surface area (Å²) < 4.78 is 77.2. The number of Topliss-reactive ketones (excluding diaryl/α,β-unsaturated/α-hetero) is 2. The minimum absolute atomic E-state index is 0.0929. The molecule has 1 aliphatic heterocycles. The first-order valence-electron chi connectivity index (χ1n) is 46.2. The molecule has 30 nitrogen and oxygen atoms in total. The van der Waals surface area contributed by atoms with Crippen LogP contribution in [0.2, 0.25) is 0 Å². The molecule has 1 aliphatic carbocycles. The Morgan fingerprint density at radius 2 is 0.833 bits per heavy atom. The zero-order chi connectivity index (χ0) is 105. The predicted octanol–water partition coefficient (Wildman–Crippen LogP) is 18.8. The number of halogens is 4. The number of nitrogens with one attached hydrogen (secondary N) is 5. The minimum atomic E-state index is -1.21. The van der Waals surface area contributed by atoms with E-state index in [1.165, 1.54) is 78.9 Å². The Hall–Kier alpha value is -15.7. The molecule has 0 spiro atoms. The second kappa shape index (κ2) is 41.8. The van der Waals surface area contributed by atoms with Gasteiger partial charge in [0.05, 0.1) is 90.6 Å². The third kappa shape index (κ3) is 22.1. The van der Waals surface area contributed by atoms with Crippen LogP contribution in [0.15, 0.2) is 182 Å². The molecule has 8 aromatic heterocycles. The topological polar surface area (TPSA) is 413 Å². The Morgan fingerprint density at radius 1 is 0.472 bits per heavy atom. The van der Waals surface area contributed by atoms with Gasteiger partial charge in [-0.3, -0.25) is 38.4 Å². The summed E-state index contributed by atoms with van der Waals surface area (Å²) >= 11 is 3.34. The maximum atomic E-state index is 14.1. The number of carboxylic acid groups (broad SMARTS) is 1. The van der Waals surface area contributed by atoms with Crippen molar-refractivity contribution in [2.75, 3.05) is 19.8 Å². The lowest BCUT2D eigenvalue weighted by Gasteiger charge is -2.29. The summed E-state index contributed by atoms with van der Waals surface area (Å²) in [6.07, 6.45) is 8.01. The number of hydrogen-bond acceptors (Lipinski definition) is 19. The monoisotopic (exact) mass is 2020 g/mol. The van der Waals surface area contributed by atoms with E-state index in [4.69, 9.17) is 23.7 Å². The van der Waals surface area contributed by atoms with Crippen molar-refractivity contribution >= 4 is 101 Å². The van der Waals surface area contributed by atoms with Crippen LogP contribution >= 0.6 is 15.9 Å². The van der Waals surface area contributed by atoms with E-state index in [-0.39, 0.29) is 117 Å². The number of fused-ring (bicyclic) bond motifs is 5. The number of carboxylic acids is 1. The summed E-state index contributed by atoms with van der Waals surface area (Å²) in [5.41, 5.74) is 8.41. The van der Waals surface area contributed by atoms with Crippen molar-refractivity contribution in [1.29, 1.82) is 0 Å². The maximum Gasteiger partial charge on any atom is 0.354 e. The van der Waals surface area contributed by atoms with Crippen LogP contribution in [-0.4, -0.2) is 131 Å². The molecule has 2 amide bonds. The highest BCUT2D eigenvalue weighted by Crippen LogP contribution is 2.46. The fourth-order valence-electron chi connectivity index (χ4n) is 17.5. The standard InChI is InChI=1S/C45H43FN4O7.C28H29FN2O5.C26H25FN2O5.C11H11BrN2O3/c1-25-18-29(46)19-26(2)41(25)57-39-16-13-28(45(3,4)56)20-32(39)35-23-49(5)43(54)33-22-36(48-40(33)35)42(53)47-17-8-6-7-10-27-11-9-12-31-34(27)24-50(44(31)55)37-15-14-30(51)21-38(37)52;1-7-35-27(33)22-13-20-24(30-22)21(14-31(6)26(20)32)19-12-17(28(4,5)34)8-9-23(19)36-25-15(2)10-18(29)11-16(25)3;1-13-8-16(27)9-14(2)23(13)34-21-7-6-15(26(3,4)33)10-17(21)19-12-29(5)24(30)18-11-20(25(31)32)28-22(18)19;1-3-17-11(16)8-4-6-9(13-8)7(12)5-14(2)10(6)15/h9,11-13,16,18-20,22-23,37,48,56H,6,8,14-15,17,21,24H2,1-5H3,(H,47,53);8-14,30,34H,7H2,1-6H3;6-12,28,33H,1-5H3,(H,31,32);4-5,13H,3H2,1-2H3. The number of aryl methyl sites for hydroxylation is 10. The molecule has 15 aromatic rings. The van der Waals surface area contributed by atoms with E-state index in [9.17, 15) is 86.3 Å². The Bertz CT molecular complexity index is 8020. The molecule has 1 saturated carbocycles. The number of aromatic carboxylic acids is 1. The largest absolute Gasteiger partial charge is 0.477 e. The van der Waals surface area contributed by atoms with Gasteiger partial charge in [0.1, 0.15) is 80.5 Å². The second-order valence-electron chi connectivity index (χ2n) is 37.3. The number of aromatic nitrogens is 8. The van der Waals surface area contributed by atoms with Gasteiger partial charge in [-0.25, -0.2) is 27.6 Å². The normalized spacial score (nSPS) is 13.1. The van der Waals surface area contributed by atoms with Gasteiger partial charge in [-0.2, -0.15) is 0 Å². The van der Waals surface area contributed by atoms with Gasteiger partial charge in [-0.15, -0.1) is 0 Å². The van der Waals surface area contributed by atoms with E-state index in [1.54, 1.807) is 222 Å². The van der Waals surface area contributed by atoms with Crippen LogP contribution in [-0.2, 0) is 70.6 Å². The first-order valence-corrected chi connectivity index (χ1v) is 47.0. The van der Waals surface area contributed by atoms with Crippen LogP contribution in [0.1, 0.15) is 201 Å². The van der Waals surface area contributed by atoms with E-state index in [2.05, 4.69) is 53.0 Å². The maximum absolute atomic E-state index is 14.1. The Kier molecular flexibility index (Phi) is 30.3. The lowest BCUT2D eigenvalue weighted by Crippen LogP contribution is -2.44. The molecule has 746 valence electrons. The first-order chi connectivity index (χ1) is 67.9. The summed E-state index contributed by atoms with van der Waals surface area (Å²) in [6, 6.07) is 34.6. The molecule has 17 rings (SSSR count). The molecule has 7 aromatic carbocycles. The first kappa shape index (κ1) is 104. The number of nitrogens with zero attached hydrogens (tertiary/aromatic N) is 5. The summed E-state index contributed by atoms with van der Waals surface area (Å²) in [5.74, 6) is 4.73. The minimum Gasteiger partial charge on any atom is -0.477 e. The third-order valence-electron chi connectivity index (χ3n) is 24.9. The quantitative estimate of drug-likeness (QED) is 0.0132. The molecule has 0 radical (unpaired) electrons. The van der Waals surface area contributed by atoms with Crippen LogP contribution < -0.4 is 41.8 Å². The Labute approximate surface area is 832 Å². The second-order valence-corrected chi connectivity index (χ2v) is 38.1. The van der Waals surface area contributed by atoms with Crippen molar-refractivity contribution in [3.05, 3.63) is 311 Å². The van der Waals surface area contributed by atoms with Gasteiger partial charge < -0.3 is 92.5 Å². The number of aromatic amines is 4. The molecular formula is C110H108BrF3N10O20. The van der Waals surface area contributed by atoms with Gasteiger partial charge in [-0.1, -0.05) is 36.1 Å². The average molecular weight is 2030 g/mol. The van der Waals surface area contributed by atoms with Crippen molar-refractivity contribution in [1.82, 2.24) is 48.4 Å². The molecule has 1 atom stereocenters. The van der Waals surface area contributed by atoms with Gasteiger partial charge in [0, 0.05) is 123 Å². The van der Waals surface area contributed by atoms with Crippen LogP contribution in [0.4, 0.5) is 13.2 Å². The molecule has 34 heteroatoms. The molecule has 1 unspecified atom stereocenters. The molecule has 9 heterocycles. The number of benzene rings is 7. The number of carbonyl (C=O) groups excluding carboxylic acids is 6. The molecule has 2 aliphatic rings. The number of ether oxygens (including phenoxy) is 5. The van der Waals surface area contributed by atoms with E-state index >= 15 is 0 Å². The predicted molar refractivity (Wildman–Crippen MR) is 543 cm³/mol.